The molecule has 0 aromatic heterocycles. The van der Waals surface area contributed by atoms with E-state index in [2.05, 4.69) is 24.4 Å². The van der Waals surface area contributed by atoms with Crippen molar-refractivity contribution in [3.8, 4) is 5.75 Å². The fourth-order valence-corrected chi connectivity index (χ4v) is 2.14. The van der Waals surface area contributed by atoms with Crippen LogP contribution < -0.4 is 10.1 Å². The highest BCUT2D eigenvalue weighted by atomic mass is 16.5. The van der Waals surface area contributed by atoms with Gasteiger partial charge in [0.05, 0.1) is 6.61 Å². The Balaban J connectivity index is 1.84. The van der Waals surface area contributed by atoms with Gasteiger partial charge in [-0.2, -0.15) is 0 Å². The number of unbranched alkanes of at least 4 members (excludes halogenated alkanes) is 1. The Labute approximate surface area is 132 Å². The maximum atomic E-state index is 12.0. The normalized spacial score (nSPS) is 10.2. The Morgan fingerprint density at radius 1 is 1.09 bits per heavy atom. The minimum atomic E-state index is -0.0399. The Morgan fingerprint density at radius 2 is 1.91 bits per heavy atom. The van der Waals surface area contributed by atoms with Crippen molar-refractivity contribution < 1.29 is 9.53 Å². The average Bonchev–Trinajstić information content (AvgIpc) is 2.56. The first-order valence-corrected chi connectivity index (χ1v) is 7.84. The van der Waals surface area contributed by atoms with E-state index in [0.29, 0.717) is 18.7 Å². The molecule has 2 rings (SSSR count). The van der Waals surface area contributed by atoms with Crippen molar-refractivity contribution in [2.45, 2.75) is 26.2 Å². The molecule has 0 aliphatic heterocycles. The topological polar surface area (TPSA) is 38.3 Å². The van der Waals surface area contributed by atoms with Crippen LogP contribution >= 0.6 is 0 Å². The Hall–Kier alpha value is -2.29. The quantitative estimate of drug-likeness (QED) is 0.752. The third-order valence-corrected chi connectivity index (χ3v) is 3.41. The van der Waals surface area contributed by atoms with Gasteiger partial charge in [0.15, 0.2) is 0 Å². The number of amides is 1. The second-order valence-corrected chi connectivity index (χ2v) is 5.22. The van der Waals surface area contributed by atoms with E-state index < -0.39 is 0 Å². The number of hydrogen-bond acceptors (Lipinski definition) is 2. The van der Waals surface area contributed by atoms with Crippen LogP contribution in [0.1, 0.15) is 35.7 Å². The molecule has 2 aromatic rings. The second kappa shape index (κ2) is 8.88. The molecule has 22 heavy (non-hydrogen) atoms. The van der Waals surface area contributed by atoms with Gasteiger partial charge in [-0.3, -0.25) is 4.79 Å². The molecule has 1 N–H and O–H groups in total. The highest BCUT2D eigenvalue weighted by molar-refractivity contribution is 5.94. The predicted octanol–water partition coefficient (Wildman–Crippen LogP) is 3.84. The molecular formula is C19H23NO2. The Bertz CT molecular complexity index is 581. The van der Waals surface area contributed by atoms with Crippen molar-refractivity contribution in [3.63, 3.8) is 0 Å². The third-order valence-electron chi connectivity index (χ3n) is 3.41. The molecule has 0 atom stereocenters. The van der Waals surface area contributed by atoms with Gasteiger partial charge in [0.2, 0.25) is 0 Å². The smallest absolute Gasteiger partial charge is 0.251 e. The first-order chi connectivity index (χ1) is 10.8. The van der Waals surface area contributed by atoms with Crippen LogP contribution in [0.15, 0.2) is 54.6 Å². The van der Waals surface area contributed by atoms with Gasteiger partial charge < -0.3 is 10.1 Å². The van der Waals surface area contributed by atoms with Crippen LogP contribution in [0.4, 0.5) is 0 Å². The van der Waals surface area contributed by atoms with Crippen molar-refractivity contribution in [1.82, 2.24) is 5.32 Å². The molecule has 0 unspecified atom stereocenters. The van der Waals surface area contributed by atoms with Crippen molar-refractivity contribution in [2.24, 2.45) is 0 Å². The van der Waals surface area contributed by atoms with Crippen LogP contribution in [0.25, 0.3) is 0 Å². The van der Waals surface area contributed by atoms with Crippen LogP contribution in [0.3, 0.4) is 0 Å². The van der Waals surface area contributed by atoms with E-state index in [0.717, 1.165) is 25.0 Å². The van der Waals surface area contributed by atoms with Crippen LogP contribution in [0.2, 0.25) is 0 Å². The number of carbonyl (C=O) groups is 1. The van der Waals surface area contributed by atoms with Gasteiger partial charge in [-0.15, -0.1) is 0 Å². The summed E-state index contributed by atoms with van der Waals surface area (Å²) in [7, 11) is 0. The van der Waals surface area contributed by atoms with Crippen molar-refractivity contribution in [2.75, 3.05) is 13.2 Å². The molecule has 0 radical (unpaired) electrons. The number of rotatable bonds is 8. The van der Waals surface area contributed by atoms with Gasteiger partial charge in [-0.05, 0) is 30.2 Å². The summed E-state index contributed by atoms with van der Waals surface area (Å²) in [5, 5.41) is 2.91. The molecule has 3 nitrogen and oxygen atoms in total. The summed E-state index contributed by atoms with van der Waals surface area (Å²) in [6.07, 6.45) is 2.93. The largest absolute Gasteiger partial charge is 0.493 e. The molecule has 0 spiro atoms. The van der Waals surface area contributed by atoms with Gasteiger partial charge >= 0.3 is 0 Å². The monoisotopic (exact) mass is 297 g/mol. The average molecular weight is 297 g/mol. The lowest BCUT2D eigenvalue weighted by atomic mass is 10.1. The molecule has 3 heteroatoms. The van der Waals surface area contributed by atoms with E-state index >= 15 is 0 Å². The van der Waals surface area contributed by atoms with Crippen molar-refractivity contribution >= 4 is 5.91 Å². The number of carbonyl (C=O) groups excluding carboxylic acids is 1. The van der Waals surface area contributed by atoms with Gasteiger partial charge in [0.1, 0.15) is 5.75 Å². The van der Waals surface area contributed by atoms with Crippen LogP contribution in [-0.4, -0.2) is 19.1 Å². The fraction of sp³-hybridized carbons (Fsp3) is 0.316. The second-order valence-electron chi connectivity index (χ2n) is 5.22. The van der Waals surface area contributed by atoms with Crippen LogP contribution in [-0.2, 0) is 6.42 Å². The maximum Gasteiger partial charge on any atom is 0.251 e. The minimum Gasteiger partial charge on any atom is -0.493 e. The summed E-state index contributed by atoms with van der Waals surface area (Å²) in [5.41, 5.74) is 1.89. The highest BCUT2D eigenvalue weighted by Gasteiger charge is 2.06. The van der Waals surface area contributed by atoms with E-state index in [1.807, 2.05) is 36.4 Å². The minimum absolute atomic E-state index is 0.0399. The molecule has 0 aliphatic carbocycles. The van der Waals surface area contributed by atoms with Crippen LogP contribution in [0, 0.1) is 0 Å². The Morgan fingerprint density at radius 3 is 2.68 bits per heavy atom. The standard InChI is InChI=1S/C19H23NO2/c1-2-3-13-20-19(21)17-10-7-11-18(15-17)22-14-12-16-8-5-4-6-9-16/h4-11,15H,2-3,12-14H2,1H3,(H,20,21). The molecule has 116 valence electrons. The zero-order chi connectivity index (χ0) is 15.6. The fourth-order valence-electron chi connectivity index (χ4n) is 2.14. The summed E-state index contributed by atoms with van der Waals surface area (Å²) >= 11 is 0. The predicted molar refractivity (Wildman–Crippen MR) is 89.3 cm³/mol. The number of nitrogens with one attached hydrogen (secondary N) is 1. The highest BCUT2D eigenvalue weighted by Crippen LogP contribution is 2.14. The first-order valence-electron chi connectivity index (χ1n) is 7.84. The van der Waals surface area contributed by atoms with Crippen molar-refractivity contribution in [3.05, 3.63) is 65.7 Å². The van der Waals surface area contributed by atoms with Gasteiger partial charge in [-0.25, -0.2) is 0 Å². The summed E-state index contributed by atoms with van der Waals surface area (Å²) in [5.74, 6) is 0.695. The number of hydrogen-bond donors (Lipinski definition) is 1. The van der Waals surface area contributed by atoms with E-state index in [1.54, 1.807) is 6.07 Å². The summed E-state index contributed by atoms with van der Waals surface area (Å²) in [6, 6.07) is 17.6. The van der Waals surface area contributed by atoms with E-state index in [9.17, 15) is 4.79 Å². The molecule has 0 fully saturated rings. The molecule has 1 amide bonds. The van der Waals surface area contributed by atoms with Gasteiger partial charge in [0, 0.05) is 18.5 Å². The Kier molecular flexibility index (Phi) is 6.49. The molecule has 0 heterocycles. The molecular weight excluding hydrogens is 274 g/mol. The van der Waals surface area contributed by atoms with Crippen molar-refractivity contribution in [1.29, 1.82) is 0 Å². The third kappa shape index (κ3) is 5.24. The van der Waals surface area contributed by atoms with Gasteiger partial charge in [0.25, 0.3) is 5.91 Å². The van der Waals surface area contributed by atoms with E-state index in [1.165, 1.54) is 5.56 Å². The summed E-state index contributed by atoms with van der Waals surface area (Å²) in [4.78, 5) is 12.0. The lowest BCUT2D eigenvalue weighted by Gasteiger charge is -2.09. The zero-order valence-corrected chi connectivity index (χ0v) is 13.0. The number of ether oxygens (including phenoxy) is 1. The van der Waals surface area contributed by atoms with E-state index in [4.69, 9.17) is 4.74 Å². The summed E-state index contributed by atoms with van der Waals surface area (Å²) in [6.45, 7) is 3.42. The summed E-state index contributed by atoms with van der Waals surface area (Å²) < 4.78 is 5.75. The van der Waals surface area contributed by atoms with E-state index in [-0.39, 0.29) is 5.91 Å². The van der Waals surface area contributed by atoms with Crippen LogP contribution in [0.5, 0.6) is 5.75 Å². The SMILES string of the molecule is CCCCNC(=O)c1cccc(OCCc2ccccc2)c1. The molecule has 2 aromatic carbocycles. The van der Waals surface area contributed by atoms with Gasteiger partial charge in [-0.1, -0.05) is 49.7 Å². The zero-order valence-electron chi connectivity index (χ0n) is 13.0. The lowest BCUT2D eigenvalue weighted by molar-refractivity contribution is 0.0952. The maximum absolute atomic E-state index is 12.0. The first kappa shape index (κ1) is 16.1. The molecule has 0 saturated heterocycles. The molecule has 0 aliphatic rings. The molecule has 0 bridgehead atoms. The molecule has 0 saturated carbocycles. The lowest BCUT2D eigenvalue weighted by Crippen LogP contribution is -2.24. The number of benzene rings is 2.